The number of cyclic esters (lactones) is 1. The average molecular weight is 579 g/mol. The maximum Gasteiger partial charge on any atom is 0.318 e. The van der Waals surface area contributed by atoms with Gasteiger partial charge in [-0.25, -0.2) is 4.98 Å². The topological polar surface area (TPSA) is 87.5 Å². The van der Waals surface area contributed by atoms with E-state index in [-0.39, 0.29) is 24.1 Å². The Morgan fingerprint density at radius 1 is 1.05 bits per heavy atom. The predicted octanol–water partition coefficient (Wildman–Crippen LogP) is 6.62. The van der Waals surface area contributed by atoms with Crippen molar-refractivity contribution >= 4 is 22.8 Å². The molecule has 0 aliphatic carbocycles. The van der Waals surface area contributed by atoms with Crippen LogP contribution in [0.15, 0.2) is 53.3 Å². The fourth-order valence-corrected chi connectivity index (χ4v) is 6.53. The van der Waals surface area contributed by atoms with Crippen LogP contribution in [0.4, 0.5) is 0 Å². The summed E-state index contributed by atoms with van der Waals surface area (Å²) in [6, 6.07) is 15.7. The Balaban J connectivity index is 1.34. The van der Waals surface area contributed by atoms with Gasteiger partial charge in [0.1, 0.15) is 12.4 Å². The fraction of sp³-hybridized carbons (Fsp3) is 0.389. The maximum atomic E-state index is 13.7. The van der Waals surface area contributed by atoms with Gasteiger partial charge >= 0.3 is 11.9 Å². The molecular formula is C36H38N2O5. The van der Waals surface area contributed by atoms with E-state index in [0.717, 1.165) is 51.0 Å². The van der Waals surface area contributed by atoms with Gasteiger partial charge < -0.3 is 14.0 Å². The highest BCUT2D eigenvalue weighted by Crippen LogP contribution is 2.41. The maximum absolute atomic E-state index is 13.7. The van der Waals surface area contributed by atoms with Crippen molar-refractivity contribution < 1.29 is 19.1 Å². The molecule has 2 aliphatic rings. The molecule has 2 atom stereocenters. The van der Waals surface area contributed by atoms with E-state index in [9.17, 15) is 14.4 Å². The summed E-state index contributed by atoms with van der Waals surface area (Å²) in [6.07, 6.45) is 2.25. The van der Waals surface area contributed by atoms with E-state index in [2.05, 4.69) is 32.9 Å². The SMILES string of the molecule is CCc1c2c(nc3ccc(OC(=O)[C@H](C)c4ccc(CC(C)C)cc4)cc13)-c1cc3c(c(=O)n1C2)COC(=O)[C@]3(C)CC. The molecule has 2 aromatic heterocycles. The Morgan fingerprint density at radius 2 is 1.79 bits per heavy atom. The first-order valence-electron chi connectivity index (χ1n) is 15.3. The van der Waals surface area contributed by atoms with Crippen molar-refractivity contribution in [3.8, 4) is 17.1 Å². The van der Waals surface area contributed by atoms with Crippen LogP contribution in [0.2, 0.25) is 0 Å². The van der Waals surface area contributed by atoms with Gasteiger partial charge in [-0.3, -0.25) is 14.4 Å². The molecule has 0 unspecified atom stereocenters. The highest BCUT2D eigenvalue weighted by Gasteiger charge is 2.43. The Hall–Kier alpha value is -4.26. The number of hydrogen-bond donors (Lipinski definition) is 0. The quantitative estimate of drug-likeness (QED) is 0.159. The molecule has 6 rings (SSSR count). The number of benzene rings is 2. The number of esters is 2. The molecule has 0 saturated carbocycles. The summed E-state index contributed by atoms with van der Waals surface area (Å²) < 4.78 is 13.1. The Labute approximate surface area is 251 Å². The van der Waals surface area contributed by atoms with Crippen molar-refractivity contribution in [2.75, 3.05) is 0 Å². The second-order valence-corrected chi connectivity index (χ2v) is 12.5. The third kappa shape index (κ3) is 4.75. The first-order chi connectivity index (χ1) is 20.5. The normalized spacial score (nSPS) is 17.8. The summed E-state index contributed by atoms with van der Waals surface area (Å²) in [6.45, 7) is 12.5. The van der Waals surface area contributed by atoms with Crippen LogP contribution >= 0.6 is 0 Å². The van der Waals surface area contributed by atoms with Crippen molar-refractivity contribution in [3.05, 3.63) is 92.3 Å². The van der Waals surface area contributed by atoms with Crippen LogP contribution in [0.5, 0.6) is 5.75 Å². The van der Waals surface area contributed by atoms with E-state index in [0.29, 0.717) is 36.6 Å². The van der Waals surface area contributed by atoms with E-state index < -0.39 is 11.3 Å². The number of fused-ring (bicyclic) bond motifs is 5. The molecule has 0 saturated heterocycles. The average Bonchev–Trinajstić information content (AvgIpc) is 3.36. The molecule has 0 amide bonds. The zero-order chi connectivity index (χ0) is 30.6. The molecule has 2 aliphatic heterocycles. The van der Waals surface area contributed by atoms with Crippen molar-refractivity contribution in [2.24, 2.45) is 5.92 Å². The van der Waals surface area contributed by atoms with E-state index in [1.54, 1.807) is 10.6 Å². The van der Waals surface area contributed by atoms with Gasteiger partial charge in [0.2, 0.25) is 0 Å². The Morgan fingerprint density at radius 3 is 2.47 bits per heavy atom. The predicted molar refractivity (Wildman–Crippen MR) is 166 cm³/mol. The van der Waals surface area contributed by atoms with E-state index in [1.165, 1.54) is 5.56 Å². The molecule has 0 radical (unpaired) electrons. The highest BCUT2D eigenvalue weighted by atomic mass is 16.5. The van der Waals surface area contributed by atoms with Crippen LogP contribution in [-0.4, -0.2) is 21.5 Å². The molecule has 0 fully saturated rings. The lowest BCUT2D eigenvalue weighted by Gasteiger charge is -2.33. The van der Waals surface area contributed by atoms with Gasteiger partial charge in [-0.05, 0) is 85.5 Å². The molecule has 222 valence electrons. The van der Waals surface area contributed by atoms with Gasteiger partial charge in [-0.15, -0.1) is 0 Å². The van der Waals surface area contributed by atoms with Gasteiger partial charge in [0.15, 0.2) is 0 Å². The minimum Gasteiger partial charge on any atom is -0.460 e. The van der Waals surface area contributed by atoms with Crippen molar-refractivity contribution in [3.63, 3.8) is 0 Å². The minimum atomic E-state index is -0.873. The molecule has 0 bridgehead atoms. The van der Waals surface area contributed by atoms with Gasteiger partial charge in [0, 0.05) is 10.9 Å². The lowest BCUT2D eigenvalue weighted by atomic mass is 9.76. The van der Waals surface area contributed by atoms with Crippen LogP contribution < -0.4 is 10.3 Å². The smallest absolute Gasteiger partial charge is 0.318 e. The molecule has 0 N–H and O–H groups in total. The summed E-state index contributed by atoms with van der Waals surface area (Å²) in [5.74, 6) is 0.00981. The third-order valence-electron chi connectivity index (χ3n) is 9.28. The van der Waals surface area contributed by atoms with Crippen LogP contribution in [0.1, 0.15) is 87.3 Å². The summed E-state index contributed by atoms with van der Waals surface area (Å²) in [5.41, 5.74) is 6.76. The number of hydrogen-bond acceptors (Lipinski definition) is 6. The number of nitrogens with zero attached hydrogens (tertiary/aromatic N) is 2. The first-order valence-corrected chi connectivity index (χ1v) is 15.3. The van der Waals surface area contributed by atoms with E-state index in [4.69, 9.17) is 14.5 Å². The third-order valence-corrected chi connectivity index (χ3v) is 9.28. The molecular weight excluding hydrogens is 540 g/mol. The molecule has 7 heteroatoms. The number of carbonyl (C=O) groups excluding carboxylic acids is 2. The van der Waals surface area contributed by atoms with Crippen LogP contribution in [0.25, 0.3) is 22.3 Å². The number of pyridine rings is 2. The number of aryl methyl sites for hydroxylation is 1. The molecule has 2 aromatic carbocycles. The van der Waals surface area contributed by atoms with Gasteiger partial charge in [-0.1, -0.05) is 52.0 Å². The molecule has 43 heavy (non-hydrogen) atoms. The Kier molecular flexibility index (Phi) is 7.23. The highest BCUT2D eigenvalue weighted by molar-refractivity contribution is 5.91. The fourth-order valence-electron chi connectivity index (χ4n) is 6.53. The molecule has 4 aromatic rings. The summed E-state index contributed by atoms with van der Waals surface area (Å²) >= 11 is 0. The summed E-state index contributed by atoms with van der Waals surface area (Å²) in [7, 11) is 0. The second-order valence-electron chi connectivity index (χ2n) is 12.5. The van der Waals surface area contributed by atoms with Gasteiger partial charge in [-0.2, -0.15) is 0 Å². The van der Waals surface area contributed by atoms with Gasteiger partial charge in [0.25, 0.3) is 5.56 Å². The number of aromatic nitrogens is 2. The van der Waals surface area contributed by atoms with Crippen molar-refractivity contribution in [2.45, 2.75) is 85.3 Å². The van der Waals surface area contributed by atoms with Crippen LogP contribution in [0.3, 0.4) is 0 Å². The minimum absolute atomic E-state index is 0.00943. The monoisotopic (exact) mass is 578 g/mol. The van der Waals surface area contributed by atoms with E-state index >= 15 is 0 Å². The number of ether oxygens (including phenoxy) is 2. The number of carbonyl (C=O) groups is 2. The lowest BCUT2D eigenvalue weighted by molar-refractivity contribution is -0.153. The molecule has 4 heterocycles. The second kappa shape index (κ2) is 10.8. The largest absolute Gasteiger partial charge is 0.460 e. The summed E-state index contributed by atoms with van der Waals surface area (Å²) in [5, 5.41) is 0.903. The Bertz CT molecular complexity index is 1840. The van der Waals surface area contributed by atoms with Crippen molar-refractivity contribution in [1.82, 2.24) is 9.55 Å². The zero-order valence-corrected chi connectivity index (χ0v) is 25.7. The van der Waals surface area contributed by atoms with Gasteiger partial charge in [0.05, 0.1) is 40.3 Å². The summed E-state index contributed by atoms with van der Waals surface area (Å²) in [4.78, 5) is 44.6. The first kappa shape index (κ1) is 28.8. The zero-order valence-electron chi connectivity index (χ0n) is 25.7. The van der Waals surface area contributed by atoms with Crippen LogP contribution in [-0.2, 0) is 45.7 Å². The van der Waals surface area contributed by atoms with E-state index in [1.807, 2.05) is 51.1 Å². The standard InChI is InChI=1S/C36H38N2O5/c1-7-25-26-16-24(43-34(40)21(5)23-11-9-22(10-12-23)15-20(3)4)13-14-30(26)37-32-27(25)18-38-31(32)17-29-28(33(38)39)19-42-35(41)36(29,6)8-2/h9-14,16-17,20-21H,7-8,15,18-19H2,1-6H3/t21-,36-/m1/s1. The number of rotatable bonds is 7. The van der Waals surface area contributed by atoms with Crippen LogP contribution in [0, 0.1) is 5.92 Å². The lowest BCUT2D eigenvalue weighted by Crippen LogP contribution is -2.42. The molecule has 0 spiro atoms. The molecule has 7 nitrogen and oxygen atoms in total. The van der Waals surface area contributed by atoms with Crippen molar-refractivity contribution in [1.29, 1.82) is 0 Å².